The summed E-state index contributed by atoms with van der Waals surface area (Å²) in [6.45, 7) is 0. The van der Waals surface area contributed by atoms with Gasteiger partial charge in [0.1, 0.15) is 6.17 Å². The molecule has 2 heterocycles. The molecule has 3 aliphatic rings. The maximum absolute atomic E-state index is 12.9. The number of halogens is 2. The van der Waals surface area contributed by atoms with Gasteiger partial charge in [0.25, 0.3) is 11.6 Å². The number of non-ortho nitro benzene ring substituents is 1. The van der Waals surface area contributed by atoms with Crippen LogP contribution in [0.25, 0.3) is 5.70 Å². The maximum Gasteiger partial charge on any atom is 0.269 e. The third-order valence-electron chi connectivity index (χ3n) is 5.95. The summed E-state index contributed by atoms with van der Waals surface area (Å²) in [5.41, 5.74) is 5.77. The van der Waals surface area contributed by atoms with Gasteiger partial charge >= 0.3 is 0 Å². The van der Waals surface area contributed by atoms with Crippen molar-refractivity contribution in [2.45, 2.75) is 31.0 Å². The van der Waals surface area contributed by atoms with Gasteiger partial charge < -0.3 is 5.32 Å². The van der Waals surface area contributed by atoms with Crippen molar-refractivity contribution in [1.29, 1.82) is 0 Å². The van der Waals surface area contributed by atoms with Crippen LogP contribution in [0.1, 0.15) is 29.9 Å². The SMILES string of the molecule is O=C1C=C(c2ccc([N+](=O)[O-])cc2)NC2C(c3ccc(Cl)c(Cl)c3)C(C3CC3)NN12. The van der Waals surface area contributed by atoms with Crippen LogP contribution in [0.15, 0.2) is 48.5 Å². The third-order valence-corrected chi connectivity index (χ3v) is 6.69. The van der Waals surface area contributed by atoms with E-state index in [2.05, 4.69) is 10.7 Å². The summed E-state index contributed by atoms with van der Waals surface area (Å²) in [6, 6.07) is 11.9. The van der Waals surface area contributed by atoms with Gasteiger partial charge in [0.15, 0.2) is 0 Å². The lowest BCUT2D eigenvalue weighted by Crippen LogP contribution is -2.52. The van der Waals surface area contributed by atoms with Crippen molar-refractivity contribution in [2.75, 3.05) is 0 Å². The van der Waals surface area contributed by atoms with Crippen molar-refractivity contribution in [1.82, 2.24) is 15.8 Å². The Morgan fingerprint density at radius 3 is 2.43 bits per heavy atom. The summed E-state index contributed by atoms with van der Waals surface area (Å²) in [7, 11) is 0. The smallest absolute Gasteiger partial charge is 0.269 e. The molecule has 2 N–H and O–H groups in total. The molecule has 2 aliphatic heterocycles. The Labute approximate surface area is 182 Å². The topological polar surface area (TPSA) is 87.5 Å². The van der Waals surface area contributed by atoms with Crippen LogP contribution in [0.4, 0.5) is 5.69 Å². The number of hydrazine groups is 1. The zero-order chi connectivity index (χ0) is 21.0. The van der Waals surface area contributed by atoms with E-state index >= 15 is 0 Å². The third kappa shape index (κ3) is 3.33. The van der Waals surface area contributed by atoms with Crippen LogP contribution in [0, 0.1) is 16.0 Å². The van der Waals surface area contributed by atoms with Gasteiger partial charge in [-0.3, -0.25) is 19.9 Å². The average molecular weight is 445 g/mol. The fraction of sp³-hybridized carbons (Fsp3) is 0.286. The molecule has 3 atom stereocenters. The molecule has 154 valence electrons. The first kappa shape index (κ1) is 19.4. The molecule has 30 heavy (non-hydrogen) atoms. The normalized spacial score (nSPS) is 25.5. The fourth-order valence-electron chi connectivity index (χ4n) is 4.32. The minimum atomic E-state index is -0.444. The maximum atomic E-state index is 12.9. The van der Waals surface area contributed by atoms with Crippen LogP contribution in [-0.2, 0) is 4.79 Å². The van der Waals surface area contributed by atoms with Crippen LogP contribution in [0.5, 0.6) is 0 Å². The van der Waals surface area contributed by atoms with Crippen LogP contribution >= 0.6 is 23.2 Å². The number of nitrogens with one attached hydrogen (secondary N) is 2. The van der Waals surface area contributed by atoms with Crippen LogP contribution in [0.3, 0.4) is 0 Å². The second-order valence-corrected chi connectivity index (χ2v) is 8.67. The predicted molar refractivity (Wildman–Crippen MR) is 114 cm³/mol. The van der Waals surface area contributed by atoms with E-state index in [1.165, 1.54) is 18.2 Å². The second-order valence-electron chi connectivity index (χ2n) is 7.85. The highest BCUT2D eigenvalue weighted by Gasteiger charge is 2.51. The van der Waals surface area contributed by atoms with E-state index in [4.69, 9.17) is 23.2 Å². The van der Waals surface area contributed by atoms with Gasteiger partial charge in [-0.2, -0.15) is 0 Å². The van der Waals surface area contributed by atoms with E-state index in [0.717, 1.165) is 24.0 Å². The number of nitro groups is 1. The Hall–Kier alpha value is -2.61. The number of hydrogen-bond donors (Lipinski definition) is 2. The van der Waals surface area contributed by atoms with Gasteiger partial charge in [0.05, 0.1) is 15.0 Å². The molecule has 1 aliphatic carbocycles. The molecule has 1 amide bonds. The van der Waals surface area contributed by atoms with E-state index in [0.29, 0.717) is 21.7 Å². The molecular weight excluding hydrogens is 427 g/mol. The lowest BCUT2D eigenvalue weighted by atomic mass is 9.87. The number of hydrogen-bond acceptors (Lipinski definition) is 5. The summed E-state index contributed by atoms with van der Waals surface area (Å²) in [5.74, 6) is 0.325. The number of nitro benzene ring substituents is 1. The summed E-state index contributed by atoms with van der Waals surface area (Å²) < 4.78 is 0. The lowest BCUT2D eigenvalue weighted by molar-refractivity contribution is -0.384. The molecule has 0 bridgehead atoms. The van der Waals surface area contributed by atoms with Gasteiger partial charge in [-0.1, -0.05) is 29.3 Å². The van der Waals surface area contributed by atoms with E-state index in [9.17, 15) is 14.9 Å². The highest BCUT2D eigenvalue weighted by atomic mass is 35.5. The van der Waals surface area contributed by atoms with Crippen LogP contribution < -0.4 is 10.7 Å². The van der Waals surface area contributed by atoms with Crippen molar-refractivity contribution in [3.63, 3.8) is 0 Å². The standard InChI is InChI=1S/C21H18Cl2N4O3/c22-15-8-5-13(9-16(15)23)19-20(12-1-2-12)25-26-18(28)10-17(24-21(19)26)11-3-6-14(7-4-11)27(29)30/h3-10,12,19-21,24-25H,1-2H2. The first-order valence-electron chi connectivity index (χ1n) is 9.70. The zero-order valence-corrected chi connectivity index (χ0v) is 17.2. The van der Waals surface area contributed by atoms with Gasteiger partial charge in [0, 0.05) is 35.9 Å². The van der Waals surface area contributed by atoms with E-state index in [1.54, 1.807) is 23.2 Å². The highest BCUT2D eigenvalue weighted by molar-refractivity contribution is 6.42. The number of carbonyl (C=O) groups excluding carboxylic acids is 1. The van der Waals surface area contributed by atoms with Crippen molar-refractivity contribution in [3.8, 4) is 0 Å². The number of nitrogens with zero attached hydrogens (tertiary/aromatic N) is 2. The Morgan fingerprint density at radius 2 is 1.80 bits per heavy atom. The summed E-state index contributed by atoms with van der Waals surface area (Å²) >= 11 is 12.4. The molecule has 9 heteroatoms. The minimum Gasteiger partial charge on any atom is -0.363 e. The molecule has 0 radical (unpaired) electrons. The van der Waals surface area contributed by atoms with Crippen LogP contribution in [0.2, 0.25) is 10.0 Å². The van der Waals surface area contributed by atoms with Gasteiger partial charge in [-0.15, -0.1) is 0 Å². The lowest BCUT2D eigenvalue weighted by Gasteiger charge is -2.33. The first-order chi connectivity index (χ1) is 14.4. The number of amides is 1. The predicted octanol–water partition coefficient (Wildman–Crippen LogP) is 4.08. The number of fused-ring (bicyclic) bond motifs is 1. The van der Waals surface area contributed by atoms with Crippen molar-refractivity contribution in [3.05, 3.63) is 79.8 Å². The quantitative estimate of drug-likeness (QED) is 0.547. The molecule has 0 aromatic heterocycles. The molecule has 0 spiro atoms. The van der Waals surface area contributed by atoms with Crippen molar-refractivity contribution in [2.24, 2.45) is 5.92 Å². The van der Waals surface area contributed by atoms with E-state index in [-0.39, 0.29) is 29.7 Å². The highest BCUT2D eigenvalue weighted by Crippen LogP contribution is 2.46. The second kappa shape index (κ2) is 7.27. The summed E-state index contributed by atoms with van der Waals surface area (Å²) in [5, 5.41) is 17.0. The monoisotopic (exact) mass is 444 g/mol. The molecule has 2 aromatic carbocycles. The van der Waals surface area contributed by atoms with Crippen molar-refractivity contribution < 1.29 is 9.72 Å². The fourth-order valence-corrected chi connectivity index (χ4v) is 4.63. The van der Waals surface area contributed by atoms with Crippen LogP contribution in [-0.4, -0.2) is 28.0 Å². The Kier molecular flexibility index (Phi) is 4.69. The molecule has 1 saturated carbocycles. The largest absolute Gasteiger partial charge is 0.363 e. The van der Waals surface area contributed by atoms with Gasteiger partial charge in [-0.05, 0) is 54.2 Å². The van der Waals surface area contributed by atoms with E-state index in [1.807, 2.05) is 12.1 Å². The molecule has 3 unspecified atom stereocenters. The molecule has 7 nitrogen and oxygen atoms in total. The molecule has 2 fully saturated rings. The Bertz CT molecular complexity index is 1070. The molecular formula is C21H18Cl2N4O3. The Balaban J connectivity index is 1.50. The van der Waals surface area contributed by atoms with Gasteiger partial charge in [-0.25, -0.2) is 5.43 Å². The summed E-state index contributed by atoms with van der Waals surface area (Å²) in [4.78, 5) is 23.4. The number of rotatable bonds is 4. The van der Waals surface area contributed by atoms with Gasteiger partial charge in [0.2, 0.25) is 0 Å². The van der Waals surface area contributed by atoms with Crippen molar-refractivity contribution >= 4 is 40.5 Å². The first-order valence-corrected chi connectivity index (χ1v) is 10.5. The molecule has 1 saturated heterocycles. The zero-order valence-electron chi connectivity index (χ0n) is 15.7. The Morgan fingerprint density at radius 1 is 1.07 bits per heavy atom. The minimum absolute atomic E-state index is 0.00752. The molecule has 2 aromatic rings. The average Bonchev–Trinajstić information content (AvgIpc) is 3.50. The number of benzene rings is 2. The van der Waals surface area contributed by atoms with E-state index < -0.39 is 4.92 Å². The number of carbonyl (C=O) groups is 1. The summed E-state index contributed by atoms with van der Waals surface area (Å²) in [6.07, 6.45) is 3.45. The molecule has 5 rings (SSSR count).